The van der Waals surface area contributed by atoms with E-state index in [-0.39, 0.29) is 11.6 Å². The number of amides is 1. The molecule has 116 valence electrons. The van der Waals surface area contributed by atoms with Crippen LogP contribution in [0.5, 0.6) is 0 Å². The number of anilines is 1. The average molecular weight is 327 g/mol. The van der Waals surface area contributed by atoms with Crippen molar-refractivity contribution in [3.63, 3.8) is 0 Å². The van der Waals surface area contributed by atoms with Crippen LogP contribution in [0.3, 0.4) is 0 Å². The first-order valence-electron chi connectivity index (χ1n) is 7.10. The Kier molecular flexibility index (Phi) is 4.12. The zero-order valence-corrected chi connectivity index (χ0v) is 13.5. The van der Waals surface area contributed by atoms with E-state index >= 15 is 0 Å². The Hall–Kier alpha value is -2.66. The number of halogens is 1. The van der Waals surface area contributed by atoms with E-state index in [4.69, 9.17) is 11.6 Å². The van der Waals surface area contributed by atoms with Gasteiger partial charge in [-0.3, -0.25) is 4.79 Å². The Labute approximate surface area is 138 Å². The molecule has 2 aromatic carbocycles. The minimum absolute atomic E-state index is 0.250. The number of hydrogen-bond donors (Lipinski definition) is 1. The van der Waals surface area contributed by atoms with Crippen LogP contribution < -0.4 is 5.32 Å². The van der Waals surface area contributed by atoms with E-state index in [1.54, 1.807) is 29.1 Å². The van der Waals surface area contributed by atoms with Crippen LogP contribution in [0.4, 0.5) is 5.69 Å². The van der Waals surface area contributed by atoms with Crippen molar-refractivity contribution >= 4 is 23.2 Å². The third kappa shape index (κ3) is 3.40. The van der Waals surface area contributed by atoms with Gasteiger partial charge < -0.3 is 5.32 Å². The predicted molar refractivity (Wildman–Crippen MR) is 90.2 cm³/mol. The molecule has 0 unspecified atom stereocenters. The Morgan fingerprint density at radius 3 is 2.57 bits per heavy atom. The molecule has 0 aliphatic heterocycles. The molecule has 5 nitrogen and oxygen atoms in total. The summed E-state index contributed by atoms with van der Waals surface area (Å²) in [6.45, 7) is 3.89. The fraction of sp³-hybridized carbons (Fsp3) is 0.118. The van der Waals surface area contributed by atoms with Crippen molar-refractivity contribution in [1.29, 1.82) is 0 Å². The van der Waals surface area contributed by atoms with Gasteiger partial charge in [0.05, 0.1) is 11.9 Å². The fourth-order valence-corrected chi connectivity index (χ4v) is 2.37. The van der Waals surface area contributed by atoms with Gasteiger partial charge in [-0.2, -0.15) is 0 Å². The summed E-state index contributed by atoms with van der Waals surface area (Å²) in [5.41, 5.74) is 3.84. The van der Waals surface area contributed by atoms with Crippen molar-refractivity contribution in [2.24, 2.45) is 0 Å². The fourth-order valence-electron chi connectivity index (χ4n) is 2.15. The maximum atomic E-state index is 12.3. The molecule has 0 saturated carbocycles. The Morgan fingerprint density at radius 2 is 1.87 bits per heavy atom. The number of carbonyl (C=O) groups excluding carboxylic acids is 1. The number of nitrogens with one attached hydrogen (secondary N) is 1. The third-order valence-corrected chi connectivity index (χ3v) is 3.70. The molecule has 1 N–H and O–H groups in total. The zero-order chi connectivity index (χ0) is 16.4. The quantitative estimate of drug-likeness (QED) is 0.796. The van der Waals surface area contributed by atoms with Crippen LogP contribution in [0, 0.1) is 13.8 Å². The van der Waals surface area contributed by atoms with Crippen LogP contribution in [-0.2, 0) is 0 Å². The molecule has 3 rings (SSSR count). The number of hydrogen-bond acceptors (Lipinski definition) is 3. The molecule has 1 amide bonds. The Balaban J connectivity index is 1.79. The summed E-state index contributed by atoms with van der Waals surface area (Å²) >= 11 is 5.91. The van der Waals surface area contributed by atoms with Gasteiger partial charge in [-0.05, 0) is 49.7 Å². The molecule has 6 heteroatoms. The topological polar surface area (TPSA) is 59.8 Å². The number of aryl methyl sites for hydroxylation is 2. The van der Waals surface area contributed by atoms with Gasteiger partial charge in [-0.1, -0.05) is 34.5 Å². The number of nitrogens with zero attached hydrogens (tertiary/aromatic N) is 3. The SMILES string of the molecule is Cc1ccc(-n2cc(C(=O)Nc3ccc(Cl)cc3C)nn2)cc1. The first kappa shape index (κ1) is 15.2. The summed E-state index contributed by atoms with van der Waals surface area (Å²) in [6.07, 6.45) is 1.60. The van der Waals surface area contributed by atoms with Crippen molar-refractivity contribution in [3.05, 3.63) is 70.5 Å². The normalized spacial score (nSPS) is 10.6. The van der Waals surface area contributed by atoms with Crippen molar-refractivity contribution in [2.45, 2.75) is 13.8 Å². The van der Waals surface area contributed by atoms with E-state index in [2.05, 4.69) is 15.6 Å². The molecule has 0 aliphatic carbocycles. The van der Waals surface area contributed by atoms with Gasteiger partial charge in [0.2, 0.25) is 0 Å². The van der Waals surface area contributed by atoms with Crippen molar-refractivity contribution in [2.75, 3.05) is 5.32 Å². The average Bonchev–Trinajstić information content (AvgIpc) is 3.01. The Morgan fingerprint density at radius 1 is 1.13 bits per heavy atom. The molecule has 1 aromatic heterocycles. The molecule has 0 atom stereocenters. The van der Waals surface area contributed by atoms with Crippen LogP contribution in [0.1, 0.15) is 21.6 Å². The summed E-state index contributed by atoms with van der Waals surface area (Å²) in [5.74, 6) is -0.311. The molecular formula is C17H15ClN4O. The first-order chi connectivity index (χ1) is 11.0. The smallest absolute Gasteiger partial charge is 0.277 e. The zero-order valence-electron chi connectivity index (χ0n) is 12.7. The first-order valence-corrected chi connectivity index (χ1v) is 7.47. The van der Waals surface area contributed by atoms with E-state index in [1.165, 1.54) is 0 Å². The largest absolute Gasteiger partial charge is 0.320 e. The van der Waals surface area contributed by atoms with Gasteiger partial charge >= 0.3 is 0 Å². The molecule has 1 heterocycles. The lowest BCUT2D eigenvalue weighted by Gasteiger charge is -2.06. The highest BCUT2D eigenvalue weighted by Gasteiger charge is 2.13. The van der Waals surface area contributed by atoms with E-state index in [0.29, 0.717) is 10.7 Å². The van der Waals surface area contributed by atoms with E-state index in [0.717, 1.165) is 16.8 Å². The maximum Gasteiger partial charge on any atom is 0.277 e. The summed E-state index contributed by atoms with van der Waals surface area (Å²) in [4.78, 5) is 12.3. The van der Waals surface area contributed by atoms with Crippen molar-refractivity contribution in [1.82, 2.24) is 15.0 Å². The lowest BCUT2D eigenvalue weighted by atomic mass is 10.2. The lowest BCUT2D eigenvalue weighted by molar-refractivity contribution is 0.102. The third-order valence-electron chi connectivity index (χ3n) is 3.46. The summed E-state index contributed by atoms with van der Waals surface area (Å²) in [6, 6.07) is 13.1. The van der Waals surface area contributed by atoms with Crippen molar-refractivity contribution in [3.8, 4) is 5.69 Å². The second kappa shape index (κ2) is 6.22. The van der Waals surface area contributed by atoms with Crippen LogP contribution in [0.25, 0.3) is 5.69 Å². The molecule has 0 spiro atoms. The molecule has 23 heavy (non-hydrogen) atoms. The van der Waals surface area contributed by atoms with Crippen molar-refractivity contribution < 1.29 is 4.79 Å². The second-order valence-electron chi connectivity index (χ2n) is 5.30. The number of carbonyl (C=O) groups is 1. The minimum atomic E-state index is -0.311. The molecule has 0 saturated heterocycles. The summed E-state index contributed by atoms with van der Waals surface area (Å²) in [5, 5.41) is 11.4. The monoisotopic (exact) mass is 326 g/mol. The molecule has 0 bridgehead atoms. The molecular weight excluding hydrogens is 312 g/mol. The molecule has 0 radical (unpaired) electrons. The van der Waals surface area contributed by atoms with Gasteiger partial charge in [0.25, 0.3) is 5.91 Å². The highest BCUT2D eigenvalue weighted by atomic mass is 35.5. The maximum absolute atomic E-state index is 12.3. The van der Waals surface area contributed by atoms with Gasteiger partial charge in [0, 0.05) is 10.7 Å². The highest BCUT2D eigenvalue weighted by molar-refractivity contribution is 6.30. The van der Waals surface area contributed by atoms with Crippen LogP contribution in [0.2, 0.25) is 5.02 Å². The van der Waals surface area contributed by atoms with Gasteiger partial charge in [0.15, 0.2) is 5.69 Å². The number of benzene rings is 2. The predicted octanol–water partition coefficient (Wildman–Crippen LogP) is 3.79. The van der Waals surface area contributed by atoms with Crippen LogP contribution in [-0.4, -0.2) is 20.9 Å². The van der Waals surface area contributed by atoms with E-state index < -0.39 is 0 Å². The van der Waals surface area contributed by atoms with Gasteiger partial charge in [0.1, 0.15) is 0 Å². The highest BCUT2D eigenvalue weighted by Crippen LogP contribution is 2.20. The molecule has 0 fully saturated rings. The van der Waals surface area contributed by atoms with Crippen LogP contribution >= 0.6 is 11.6 Å². The minimum Gasteiger partial charge on any atom is -0.320 e. The van der Waals surface area contributed by atoms with Crippen LogP contribution in [0.15, 0.2) is 48.7 Å². The number of rotatable bonds is 3. The summed E-state index contributed by atoms with van der Waals surface area (Å²) in [7, 11) is 0. The standard InChI is InChI=1S/C17H15ClN4O/c1-11-3-6-14(7-4-11)22-10-16(20-21-22)17(23)19-15-8-5-13(18)9-12(15)2/h3-10H,1-2H3,(H,19,23). The van der Waals surface area contributed by atoms with Gasteiger partial charge in [-0.15, -0.1) is 5.10 Å². The second-order valence-corrected chi connectivity index (χ2v) is 5.73. The van der Waals surface area contributed by atoms with E-state index in [1.807, 2.05) is 38.1 Å². The molecule has 3 aromatic rings. The van der Waals surface area contributed by atoms with Gasteiger partial charge in [-0.25, -0.2) is 4.68 Å². The lowest BCUT2D eigenvalue weighted by Crippen LogP contribution is -2.13. The Bertz CT molecular complexity index is 855. The molecule has 0 aliphatic rings. The number of aromatic nitrogens is 3. The van der Waals surface area contributed by atoms with E-state index in [9.17, 15) is 4.79 Å². The summed E-state index contributed by atoms with van der Waals surface area (Å²) < 4.78 is 1.57.